The topological polar surface area (TPSA) is 165 Å². The average Bonchev–Trinajstić information content (AvgIpc) is 4.00. The van der Waals surface area contributed by atoms with Crippen molar-refractivity contribution in [1.29, 1.82) is 0 Å². The summed E-state index contributed by atoms with van der Waals surface area (Å²) in [4.78, 5) is 67.7. The van der Waals surface area contributed by atoms with Crippen LogP contribution in [-0.4, -0.2) is 152 Å². The van der Waals surface area contributed by atoms with Crippen molar-refractivity contribution < 1.29 is 57.1 Å². The number of halogens is 2. The van der Waals surface area contributed by atoms with Crippen molar-refractivity contribution in [3.05, 3.63) is 46.2 Å². The lowest BCUT2D eigenvalue weighted by atomic mass is 9.70. The number of Topliss-reactive ketones (excluding diaryl/α,β-unsaturated/α-hetero) is 1. The van der Waals surface area contributed by atoms with Crippen LogP contribution in [0.4, 0.5) is 10.5 Å². The highest BCUT2D eigenvalue weighted by molar-refractivity contribution is 8.00. The van der Waals surface area contributed by atoms with Crippen molar-refractivity contribution in [2.75, 3.05) is 64.8 Å². The number of esters is 2. The number of hydrogen-bond donors (Lipinski definition) is 0. The monoisotopic (exact) mass is 1100 g/mol. The maximum atomic E-state index is 15.2. The van der Waals surface area contributed by atoms with Crippen molar-refractivity contribution in [2.45, 2.75) is 173 Å². The molecule has 1 aromatic heterocycles. The van der Waals surface area contributed by atoms with Crippen LogP contribution in [0.15, 0.2) is 30.6 Å². The first kappa shape index (κ1) is 59.1. The number of aromatic nitrogens is 1. The number of benzene rings is 1. The summed E-state index contributed by atoms with van der Waals surface area (Å²) in [6, 6.07) is 5.62. The molecule has 1 aliphatic carbocycles. The molecule has 7 rings (SSSR count). The molecular formula is C56H82Cl2N4O12S. The van der Waals surface area contributed by atoms with E-state index in [4.69, 9.17) is 61.1 Å². The second-order valence-corrected chi connectivity index (χ2v) is 24.2. The average molecular weight is 1110 g/mol. The Morgan fingerprint density at radius 2 is 1.63 bits per heavy atom. The number of methoxy groups -OCH3 is 2. The van der Waals surface area contributed by atoms with Gasteiger partial charge in [-0.3, -0.25) is 19.4 Å². The molecule has 2 aromatic rings. The number of nitrogens with zero attached hydrogens (tertiary/aromatic N) is 4. The molecule has 5 fully saturated rings. The first-order valence-electron chi connectivity index (χ1n) is 27.1. The number of fused-ring (bicyclic) bond motifs is 1. The van der Waals surface area contributed by atoms with E-state index in [1.54, 1.807) is 31.5 Å². The van der Waals surface area contributed by atoms with Gasteiger partial charge in [0.05, 0.1) is 60.2 Å². The molecule has 19 heteroatoms. The van der Waals surface area contributed by atoms with Gasteiger partial charge in [0, 0.05) is 106 Å². The molecule has 1 saturated carbocycles. The number of carbonyl (C=O) groups excluding carboxylic acids is 4. The molecule has 13 atom stereocenters. The quantitative estimate of drug-likeness (QED) is 0.155. The number of thioether (sulfide) groups is 1. The summed E-state index contributed by atoms with van der Waals surface area (Å²) in [7, 11) is 5.09. The lowest BCUT2D eigenvalue weighted by Gasteiger charge is -2.46. The minimum atomic E-state index is -1.33. The third kappa shape index (κ3) is 13.6. The van der Waals surface area contributed by atoms with Crippen LogP contribution in [-0.2, 0) is 49.3 Å². The standard InChI is InChI=1S/C56H82Cl2N4O12S/c1-12-46-56(8)48(50(53(65)74-56)75-24-21-62(32-41-42(57)30-59-31-43(41)58)38-17-18-44(67-10)45(27-38)71-40-15-13-14-16-40)37(6)49(63)35(4)29-55(7,68-11)51(33(2)25-34(3)52(64)72-46)73-47-28-39(26-36(5)70-47)60(9)54(66)61-19-22-69-23-20-61/h17-18,27,30-31,33-37,39-40,46-48,50-51H,12-16,19-26,28-29,32H2,1-11H3/t33-,34+,35+,36+,37+,39-,46+,47?,48-,50-,51+,55+,56+/m0/s1. The Balaban J connectivity index is 1.15. The summed E-state index contributed by atoms with van der Waals surface area (Å²) in [5.74, 6) is -2.10. The van der Waals surface area contributed by atoms with E-state index >= 15 is 4.79 Å². The summed E-state index contributed by atoms with van der Waals surface area (Å²) in [5.41, 5.74) is -0.847. The molecule has 0 radical (unpaired) electrons. The number of urea groups is 1. The third-order valence-electron chi connectivity index (χ3n) is 16.7. The van der Waals surface area contributed by atoms with Crippen LogP contribution in [0.1, 0.15) is 119 Å². The third-order valence-corrected chi connectivity index (χ3v) is 18.6. The van der Waals surface area contributed by atoms with Gasteiger partial charge >= 0.3 is 18.0 Å². The zero-order valence-corrected chi connectivity index (χ0v) is 48.3. The Hall–Kier alpha value is -3.58. The highest BCUT2D eigenvalue weighted by Gasteiger charge is 2.61. The van der Waals surface area contributed by atoms with Gasteiger partial charge < -0.3 is 52.6 Å². The number of carbonyl (C=O) groups is 4. The van der Waals surface area contributed by atoms with Gasteiger partial charge in [-0.2, -0.15) is 0 Å². The zero-order valence-electron chi connectivity index (χ0n) is 46.0. The van der Waals surface area contributed by atoms with Crippen molar-refractivity contribution in [2.24, 2.45) is 29.6 Å². The predicted molar refractivity (Wildman–Crippen MR) is 290 cm³/mol. The number of hydrogen-bond acceptors (Lipinski definition) is 15. The fourth-order valence-electron chi connectivity index (χ4n) is 12.5. The molecule has 1 aromatic carbocycles. The second-order valence-electron chi connectivity index (χ2n) is 22.1. The number of cyclic esters (lactones) is 1. The second kappa shape index (κ2) is 25.9. The van der Waals surface area contributed by atoms with Crippen molar-refractivity contribution in [1.82, 2.24) is 14.8 Å². The molecule has 4 saturated heterocycles. The van der Waals surface area contributed by atoms with Crippen LogP contribution in [0, 0.1) is 29.6 Å². The van der Waals surface area contributed by atoms with Gasteiger partial charge in [-0.25, -0.2) is 4.79 Å². The number of anilines is 1. The smallest absolute Gasteiger partial charge is 0.320 e. The van der Waals surface area contributed by atoms with E-state index in [9.17, 15) is 14.4 Å². The molecule has 1 unspecified atom stereocenters. The van der Waals surface area contributed by atoms with E-state index in [1.807, 2.05) is 85.5 Å². The fourth-order valence-corrected chi connectivity index (χ4v) is 14.4. The van der Waals surface area contributed by atoms with Crippen molar-refractivity contribution in [3.63, 3.8) is 0 Å². The molecule has 4 aliphatic heterocycles. The molecule has 0 bridgehead atoms. The maximum absolute atomic E-state index is 15.2. The summed E-state index contributed by atoms with van der Waals surface area (Å²) < 4.78 is 50.6. The highest BCUT2D eigenvalue weighted by atomic mass is 35.5. The van der Waals surface area contributed by atoms with E-state index in [-0.39, 0.29) is 42.4 Å². The predicted octanol–water partition coefficient (Wildman–Crippen LogP) is 10.1. The lowest BCUT2D eigenvalue weighted by molar-refractivity contribution is -0.264. The fraction of sp³-hybridized carbons (Fsp3) is 0.732. The summed E-state index contributed by atoms with van der Waals surface area (Å²) >= 11 is 14.9. The minimum Gasteiger partial charge on any atom is -0.493 e. The van der Waals surface area contributed by atoms with Gasteiger partial charge in [0.25, 0.3) is 0 Å². The van der Waals surface area contributed by atoms with Crippen LogP contribution in [0.25, 0.3) is 0 Å². The zero-order chi connectivity index (χ0) is 54.4. The number of morpholine rings is 1. The van der Waals surface area contributed by atoms with E-state index in [0.29, 0.717) is 97.9 Å². The van der Waals surface area contributed by atoms with Crippen LogP contribution in [0.5, 0.6) is 11.5 Å². The summed E-state index contributed by atoms with van der Waals surface area (Å²) in [5, 5.41) is 0.0536. The number of ether oxygens (including phenoxy) is 8. The first-order chi connectivity index (χ1) is 35.7. The summed E-state index contributed by atoms with van der Waals surface area (Å²) in [6.45, 7) is 18.2. The van der Waals surface area contributed by atoms with Crippen molar-refractivity contribution >= 4 is 64.4 Å². The Labute approximate surface area is 459 Å². The van der Waals surface area contributed by atoms with Crippen molar-refractivity contribution in [3.8, 4) is 11.5 Å². The van der Waals surface area contributed by atoms with Gasteiger partial charge in [-0.15, -0.1) is 11.8 Å². The molecule has 5 heterocycles. The molecule has 0 N–H and O–H groups in total. The molecule has 75 heavy (non-hydrogen) atoms. The maximum Gasteiger partial charge on any atom is 0.320 e. The van der Waals surface area contributed by atoms with Crippen LogP contribution >= 0.6 is 35.0 Å². The van der Waals surface area contributed by atoms with Crippen LogP contribution in [0.2, 0.25) is 10.0 Å². The number of rotatable bonds is 15. The minimum absolute atomic E-state index is 0.0552. The van der Waals surface area contributed by atoms with Gasteiger partial charge in [-0.1, -0.05) is 57.8 Å². The molecule has 0 spiro atoms. The highest BCUT2D eigenvalue weighted by Crippen LogP contribution is 2.49. The van der Waals surface area contributed by atoms with Gasteiger partial charge in [0.15, 0.2) is 23.4 Å². The molecule has 418 valence electrons. The van der Waals surface area contributed by atoms with Crippen LogP contribution in [0.3, 0.4) is 0 Å². The molecule has 16 nitrogen and oxygen atoms in total. The van der Waals surface area contributed by atoms with Gasteiger partial charge in [0.1, 0.15) is 17.1 Å². The summed E-state index contributed by atoms with van der Waals surface area (Å²) in [6.07, 6.45) is 7.03. The van der Waals surface area contributed by atoms with Gasteiger partial charge in [0.2, 0.25) is 0 Å². The largest absolute Gasteiger partial charge is 0.493 e. The Kier molecular flexibility index (Phi) is 20.4. The number of amides is 2. The van der Waals surface area contributed by atoms with E-state index < -0.39 is 70.6 Å². The van der Waals surface area contributed by atoms with E-state index in [1.165, 1.54) is 11.8 Å². The number of pyridine rings is 1. The molecule has 5 aliphatic rings. The first-order valence-corrected chi connectivity index (χ1v) is 28.9. The van der Waals surface area contributed by atoms with E-state index in [0.717, 1.165) is 31.4 Å². The lowest BCUT2D eigenvalue weighted by Crippen LogP contribution is -2.56. The van der Waals surface area contributed by atoms with Crippen LogP contribution < -0.4 is 14.4 Å². The normalized spacial score (nSPS) is 33.3. The Bertz CT molecular complexity index is 2270. The molecule has 2 amide bonds. The number of ketones is 1. The molecular weight excluding hydrogens is 1020 g/mol. The SMILES string of the molecule is CC[C@H]1OC(=O)[C@H](C)C[C@H](C)[C@@H](OC2C[C@@H](N(C)C(=O)N3CCOCC3)C[C@@H](C)O2)[C@](C)(OC)C[C@@H](C)C(=O)[C@H](C)[C@H]2[C@H](SCCN(Cc3c(Cl)cncc3Cl)c3ccc(OC)c(OC4CCCC4)c3)C(=O)O[C@@]21C. The Morgan fingerprint density at radius 1 is 0.933 bits per heavy atom. The Morgan fingerprint density at radius 3 is 2.28 bits per heavy atom. The van der Waals surface area contributed by atoms with E-state index in [2.05, 4.69) is 9.88 Å². The van der Waals surface area contributed by atoms with Gasteiger partial charge in [-0.05, 0) is 90.2 Å².